The second kappa shape index (κ2) is 3.93. The fourth-order valence-electron chi connectivity index (χ4n) is 1.90. The van der Waals surface area contributed by atoms with E-state index in [9.17, 15) is 4.79 Å². The Morgan fingerprint density at radius 1 is 1.67 bits per heavy atom. The molecule has 1 saturated carbocycles. The van der Waals surface area contributed by atoms with Gasteiger partial charge < -0.3 is 9.84 Å². The van der Waals surface area contributed by atoms with Crippen molar-refractivity contribution in [2.45, 2.75) is 20.8 Å². The molecule has 1 rings (SSSR count). The van der Waals surface area contributed by atoms with Crippen LogP contribution in [0.1, 0.15) is 20.8 Å². The third-order valence-electron chi connectivity index (χ3n) is 2.92. The topological polar surface area (TPSA) is 70.3 Å². The van der Waals surface area contributed by atoms with Gasteiger partial charge in [-0.25, -0.2) is 0 Å². The lowest BCUT2D eigenvalue weighted by atomic mass is 10.1. The SMILES string of the molecule is CCOC(C#N)=C[C@@H]1[C@@H](C(=O)O)C1(C)C. The molecule has 0 unspecified atom stereocenters. The van der Waals surface area contributed by atoms with Crippen LogP contribution in [0.5, 0.6) is 0 Å². The molecule has 0 heterocycles. The summed E-state index contributed by atoms with van der Waals surface area (Å²) in [6.07, 6.45) is 1.63. The molecule has 0 spiro atoms. The fourth-order valence-corrected chi connectivity index (χ4v) is 1.90. The molecule has 0 aliphatic heterocycles. The van der Waals surface area contributed by atoms with Crippen LogP contribution >= 0.6 is 0 Å². The molecule has 0 aromatic carbocycles. The molecule has 2 atom stereocenters. The Labute approximate surface area is 89.2 Å². The van der Waals surface area contributed by atoms with Gasteiger partial charge in [0.15, 0.2) is 5.76 Å². The van der Waals surface area contributed by atoms with Crippen LogP contribution in [0.25, 0.3) is 0 Å². The number of nitrogens with zero attached hydrogens (tertiary/aromatic N) is 1. The van der Waals surface area contributed by atoms with Crippen molar-refractivity contribution in [1.29, 1.82) is 5.26 Å². The number of carboxylic acids is 1. The lowest BCUT2D eigenvalue weighted by Gasteiger charge is -2.00. The lowest BCUT2D eigenvalue weighted by molar-refractivity contribution is -0.139. The average Bonchev–Trinajstić information content (AvgIpc) is 2.67. The van der Waals surface area contributed by atoms with Crippen LogP contribution in [0, 0.1) is 28.6 Å². The molecule has 1 fully saturated rings. The van der Waals surface area contributed by atoms with E-state index in [1.807, 2.05) is 19.9 Å². The minimum absolute atomic E-state index is 0.101. The Hall–Kier alpha value is -1.50. The lowest BCUT2D eigenvalue weighted by Crippen LogP contribution is -2.03. The van der Waals surface area contributed by atoms with E-state index >= 15 is 0 Å². The maximum atomic E-state index is 10.9. The van der Waals surface area contributed by atoms with Crippen LogP contribution in [-0.2, 0) is 9.53 Å². The summed E-state index contributed by atoms with van der Waals surface area (Å²) < 4.78 is 5.07. The van der Waals surface area contributed by atoms with Gasteiger partial charge in [-0.05, 0) is 18.4 Å². The third kappa shape index (κ3) is 2.12. The zero-order valence-corrected chi connectivity index (χ0v) is 9.15. The van der Waals surface area contributed by atoms with Gasteiger partial charge in [0.2, 0.25) is 0 Å². The van der Waals surface area contributed by atoms with E-state index in [0.717, 1.165) is 0 Å². The van der Waals surface area contributed by atoms with Gasteiger partial charge in [0.1, 0.15) is 6.07 Å². The molecule has 0 amide bonds. The number of ether oxygens (including phenoxy) is 1. The standard InChI is InChI=1S/C11H15NO3/c1-4-15-7(6-12)5-8-9(10(13)14)11(8,2)3/h5,8-9H,4H2,1-3H3,(H,13,14)/t8-,9+/m1/s1. The largest absolute Gasteiger partial charge is 0.484 e. The maximum absolute atomic E-state index is 10.9. The van der Waals surface area contributed by atoms with E-state index in [2.05, 4.69) is 0 Å². The highest BCUT2D eigenvalue weighted by Gasteiger charge is 2.61. The minimum Gasteiger partial charge on any atom is -0.484 e. The van der Waals surface area contributed by atoms with Crippen molar-refractivity contribution < 1.29 is 14.6 Å². The summed E-state index contributed by atoms with van der Waals surface area (Å²) in [5.74, 6) is -1.09. The second-order valence-electron chi connectivity index (χ2n) is 4.24. The zero-order chi connectivity index (χ0) is 11.6. The molecule has 0 radical (unpaired) electrons. The quantitative estimate of drug-likeness (QED) is 0.566. The number of allylic oxidation sites excluding steroid dienone is 2. The van der Waals surface area contributed by atoms with E-state index in [1.54, 1.807) is 13.0 Å². The first-order valence-electron chi connectivity index (χ1n) is 4.92. The number of carbonyl (C=O) groups is 1. The van der Waals surface area contributed by atoms with Gasteiger partial charge in [0, 0.05) is 5.92 Å². The van der Waals surface area contributed by atoms with Crippen LogP contribution in [0.2, 0.25) is 0 Å². The summed E-state index contributed by atoms with van der Waals surface area (Å²) in [7, 11) is 0. The van der Waals surface area contributed by atoms with E-state index < -0.39 is 11.9 Å². The summed E-state index contributed by atoms with van der Waals surface area (Å²) >= 11 is 0. The molecule has 0 aromatic rings. The average molecular weight is 209 g/mol. The van der Waals surface area contributed by atoms with Crippen LogP contribution in [0.15, 0.2) is 11.8 Å². The molecule has 4 heteroatoms. The summed E-state index contributed by atoms with van der Waals surface area (Å²) in [6, 6.07) is 1.92. The van der Waals surface area contributed by atoms with E-state index in [0.29, 0.717) is 6.61 Å². The van der Waals surface area contributed by atoms with Crippen LogP contribution in [0.3, 0.4) is 0 Å². The summed E-state index contributed by atoms with van der Waals surface area (Å²) in [5.41, 5.74) is -0.273. The molecule has 0 aromatic heterocycles. The Kier molecular flexibility index (Phi) is 3.04. The number of hydrogen-bond acceptors (Lipinski definition) is 3. The van der Waals surface area contributed by atoms with Crippen molar-refractivity contribution in [3.05, 3.63) is 11.8 Å². The highest BCUT2D eigenvalue weighted by Crippen LogP contribution is 2.59. The summed E-state index contributed by atoms with van der Waals surface area (Å²) in [6.45, 7) is 5.98. The van der Waals surface area contributed by atoms with Gasteiger partial charge in [-0.15, -0.1) is 0 Å². The molecule has 82 valence electrons. The summed E-state index contributed by atoms with van der Waals surface area (Å²) in [5, 5.41) is 17.7. The van der Waals surface area contributed by atoms with Crippen molar-refractivity contribution in [2.24, 2.45) is 17.3 Å². The first-order chi connectivity index (χ1) is 6.95. The smallest absolute Gasteiger partial charge is 0.307 e. The molecule has 4 nitrogen and oxygen atoms in total. The molecule has 1 N–H and O–H groups in total. The van der Waals surface area contributed by atoms with Crippen LogP contribution in [-0.4, -0.2) is 17.7 Å². The molecule has 15 heavy (non-hydrogen) atoms. The maximum Gasteiger partial charge on any atom is 0.307 e. The van der Waals surface area contributed by atoms with Gasteiger partial charge in [0.25, 0.3) is 0 Å². The summed E-state index contributed by atoms with van der Waals surface area (Å²) in [4.78, 5) is 10.9. The molecular weight excluding hydrogens is 194 g/mol. The van der Waals surface area contributed by atoms with Gasteiger partial charge in [-0.3, -0.25) is 4.79 Å². The highest BCUT2D eigenvalue weighted by molar-refractivity contribution is 5.76. The normalized spacial score (nSPS) is 28.0. The Balaban J connectivity index is 2.76. The first kappa shape index (κ1) is 11.6. The Morgan fingerprint density at radius 3 is 2.60 bits per heavy atom. The van der Waals surface area contributed by atoms with Crippen molar-refractivity contribution >= 4 is 5.97 Å². The van der Waals surface area contributed by atoms with Gasteiger partial charge >= 0.3 is 5.97 Å². The fraction of sp³-hybridized carbons (Fsp3) is 0.636. The number of rotatable bonds is 4. The number of carboxylic acid groups (broad SMARTS) is 1. The van der Waals surface area contributed by atoms with Gasteiger partial charge in [-0.1, -0.05) is 13.8 Å². The van der Waals surface area contributed by atoms with E-state index in [1.165, 1.54) is 0 Å². The first-order valence-corrected chi connectivity index (χ1v) is 4.92. The third-order valence-corrected chi connectivity index (χ3v) is 2.92. The molecule has 0 saturated heterocycles. The number of hydrogen-bond donors (Lipinski definition) is 1. The van der Waals surface area contributed by atoms with Crippen LogP contribution in [0.4, 0.5) is 0 Å². The highest BCUT2D eigenvalue weighted by atomic mass is 16.5. The predicted molar refractivity (Wildman–Crippen MR) is 53.7 cm³/mol. The van der Waals surface area contributed by atoms with Crippen LogP contribution < -0.4 is 0 Å². The monoisotopic (exact) mass is 209 g/mol. The second-order valence-corrected chi connectivity index (χ2v) is 4.24. The van der Waals surface area contributed by atoms with Crippen molar-refractivity contribution in [3.8, 4) is 6.07 Å². The minimum atomic E-state index is -0.810. The van der Waals surface area contributed by atoms with Crippen molar-refractivity contribution in [3.63, 3.8) is 0 Å². The molecule has 1 aliphatic rings. The van der Waals surface area contributed by atoms with E-state index in [-0.39, 0.29) is 17.1 Å². The number of aliphatic carboxylic acids is 1. The molecular formula is C11H15NO3. The molecule has 0 bridgehead atoms. The van der Waals surface area contributed by atoms with Gasteiger partial charge in [-0.2, -0.15) is 5.26 Å². The Bertz CT molecular complexity index is 338. The predicted octanol–water partition coefficient (Wildman–Crippen LogP) is 1.79. The van der Waals surface area contributed by atoms with Crippen molar-refractivity contribution in [2.75, 3.05) is 6.61 Å². The Morgan fingerprint density at radius 2 is 2.27 bits per heavy atom. The molecule has 1 aliphatic carbocycles. The van der Waals surface area contributed by atoms with E-state index in [4.69, 9.17) is 15.1 Å². The zero-order valence-electron chi connectivity index (χ0n) is 9.15. The number of nitriles is 1. The van der Waals surface area contributed by atoms with Gasteiger partial charge in [0.05, 0.1) is 12.5 Å². The van der Waals surface area contributed by atoms with Crippen molar-refractivity contribution in [1.82, 2.24) is 0 Å².